The molecular weight excluding hydrogens is 342 g/mol. The summed E-state index contributed by atoms with van der Waals surface area (Å²) in [4.78, 5) is 17.1. The Morgan fingerprint density at radius 3 is 2.62 bits per heavy atom. The largest absolute Gasteiger partial charge is 0.284 e. The summed E-state index contributed by atoms with van der Waals surface area (Å²) >= 11 is 2.91. The molecule has 2 aromatic heterocycles. The van der Waals surface area contributed by atoms with E-state index < -0.39 is 0 Å². The predicted octanol–water partition coefficient (Wildman–Crippen LogP) is 5.12. The summed E-state index contributed by atoms with van der Waals surface area (Å²) in [5.41, 5.74) is 1.94. The third-order valence-corrected chi connectivity index (χ3v) is 5.44. The number of hydrogen-bond donors (Lipinski definition) is 0. The molecule has 0 N–H and O–H groups in total. The molecule has 4 aromatic rings. The monoisotopic (exact) mass is 353 g/mol. The van der Waals surface area contributed by atoms with Crippen molar-refractivity contribution >= 4 is 33.7 Å². The van der Waals surface area contributed by atoms with Gasteiger partial charge in [0.25, 0.3) is 5.69 Å². The molecule has 0 unspecified atom stereocenters. The molecule has 0 aliphatic carbocycles. The second kappa shape index (κ2) is 6.10. The number of fused-ring (bicyclic) bond motifs is 1. The van der Waals surface area contributed by atoms with Gasteiger partial charge in [0.2, 0.25) is 0 Å². The lowest BCUT2D eigenvalue weighted by atomic mass is 10.2. The summed E-state index contributed by atoms with van der Waals surface area (Å²) < 4.78 is 1.98. The number of nitro benzene ring substituents is 1. The maximum absolute atomic E-state index is 11.3. The quantitative estimate of drug-likeness (QED) is 0.377. The first-order valence-electron chi connectivity index (χ1n) is 7.16. The van der Waals surface area contributed by atoms with Gasteiger partial charge in [0.1, 0.15) is 10.7 Å². The molecule has 118 valence electrons. The molecule has 0 aliphatic heterocycles. The van der Waals surface area contributed by atoms with Gasteiger partial charge in [0, 0.05) is 23.2 Å². The Morgan fingerprint density at radius 1 is 1.08 bits per heavy atom. The Labute approximate surface area is 145 Å². The Balaban J connectivity index is 1.88. The molecule has 0 fully saturated rings. The van der Waals surface area contributed by atoms with Gasteiger partial charge in [-0.05, 0) is 6.07 Å². The van der Waals surface area contributed by atoms with Crippen LogP contribution in [0.3, 0.4) is 0 Å². The van der Waals surface area contributed by atoms with Crippen LogP contribution in [-0.4, -0.2) is 14.3 Å². The van der Waals surface area contributed by atoms with Crippen molar-refractivity contribution in [2.75, 3.05) is 0 Å². The topological polar surface area (TPSA) is 60.4 Å². The van der Waals surface area contributed by atoms with Crippen molar-refractivity contribution in [1.29, 1.82) is 0 Å². The summed E-state index contributed by atoms with van der Waals surface area (Å²) in [6.07, 6.45) is 1.94. The van der Waals surface area contributed by atoms with E-state index >= 15 is 0 Å². The van der Waals surface area contributed by atoms with Crippen LogP contribution in [0, 0.1) is 10.1 Å². The van der Waals surface area contributed by atoms with Crippen LogP contribution in [0.25, 0.3) is 16.2 Å². The van der Waals surface area contributed by atoms with Crippen LogP contribution < -0.4 is 0 Å². The van der Waals surface area contributed by atoms with Crippen LogP contribution >= 0.6 is 23.1 Å². The molecule has 24 heavy (non-hydrogen) atoms. The zero-order valence-electron chi connectivity index (χ0n) is 12.3. The van der Waals surface area contributed by atoms with Gasteiger partial charge in [0.05, 0.1) is 9.82 Å². The molecule has 0 spiro atoms. The lowest BCUT2D eigenvalue weighted by molar-refractivity contribution is -0.387. The maximum atomic E-state index is 11.3. The first kappa shape index (κ1) is 14.9. The number of thiazole rings is 1. The Morgan fingerprint density at radius 2 is 1.83 bits per heavy atom. The van der Waals surface area contributed by atoms with Gasteiger partial charge in [-0.25, -0.2) is 4.98 Å². The molecule has 5 nitrogen and oxygen atoms in total. The predicted molar refractivity (Wildman–Crippen MR) is 95.7 cm³/mol. The SMILES string of the molecule is O=[N+]([O-])c1ccccc1Sc1c(-c2ccccc2)nc2sccn12. The molecule has 2 heterocycles. The molecule has 7 heteroatoms. The Kier molecular flexibility index (Phi) is 3.79. The Hall–Kier alpha value is -2.64. The number of para-hydroxylation sites is 1. The fourth-order valence-corrected chi connectivity index (χ4v) is 4.32. The van der Waals surface area contributed by atoms with Crippen LogP contribution in [0.2, 0.25) is 0 Å². The van der Waals surface area contributed by atoms with Crippen molar-refractivity contribution in [1.82, 2.24) is 9.38 Å². The van der Waals surface area contributed by atoms with E-state index in [1.54, 1.807) is 23.5 Å². The molecule has 0 radical (unpaired) electrons. The lowest BCUT2D eigenvalue weighted by Crippen LogP contribution is -1.91. The zero-order chi connectivity index (χ0) is 16.5. The molecule has 0 amide bonds. The minimum atomic E-state index is -0.351. The summed E-state index contributed by atoms with van der Waals surface area (Å²) in [5, 5.41) is 14.1. The summed E-state index contributed by atoms with van der Waals surface area (Å²) in [6, 6.07) is 16.6. The lowest BCUT2D eigenvalue weighted by Gasteiger charge is -2.05. The second-order valence-corrected chi connectivity index (χ2v) is 6.92. The average Bonchev–Trinajstić information content (AvgIpc) is 3.19. The van der Waals surface area contributed by atoms with Crippen molar-refractivity contribution < 1.29 is 4.92 Å². The fraction of sp³-hybridized carbons (Fsp3) is 0. The molecule has 0 aliphatic rings. The molecular formula is C17H11N3O2S2. The van der Waals surface area contributed by atoms with Crippen molar-refractivity contribution in [2.24, 2.45) is 0 Å². The number of nitro groups is 1. The normalized spacial score (nSPS) is 11.0. The molecule has 0 atom stereocenters. The Bertz CT molecular complexity index is 1020. The van der Waals surface area contributed by atoms with Crippen molar-refractivity contribution in [3.05, 3.63) is 76.3 Å². The minimum absolute atomic E-state index is 0.103. The van der Waals surface area contributed by atoms with Crippen LogP contribution in [0.4, 0.5) is 5.69 Å². The number of hydrogen-bond acceptors (Lipinski definition) is 5. The summed E-state index contributed by atoms with van der Waals surface area (Å²) in [6.45, 7) is 0. The number of aromatic nitrogens is 2. The average molecular weight is 353 g/mol. The third kappa shape index (κ3) is 2.57. The van der Waals surface area contributed by atoms with E-state index in [1.165, 1.54) is 17.8 Å². The molecule has 0 saturated carbocycles. The molecule has 4 rings (SSSR count). The van der Waals surface area contributed by atoms with E-state index in [4.69, 9.17) is 4.98 Å². The van der Waals surface area contributed by atoms with Gasteiger partial charge in [0.15, 0.2) is 4.96 Å². The van der Waals surface area contributed by atoms with Gasteiger partial charge in [-0.15, -0.1) is 11.3 Å². The smallest absolute Gasteiger partial charge is 0.283 e. The first-order valence-corrected chi connectivity index (χ1v) is 8.86. The fourth-order valence-electron chi connectivity index (χ4n) is 2.45. The van der Waals surface area contributed by atoms with E-state index in [-0.39, 0.29) is 10.6 Å². The van der Waals surface area contributed by atoms with Gasteiger partial charge in [-0.2, -0.15) is 0 Å². The minimum Gasteiger partial charge on any atom is -0.284 e. The number of rotatable bonds is 4. The van der Waals surface area contributed by atoms with Crippen molar-refractivity contribution in [2.45, 2.75) is 9.92 Å². The zero-order valence-corrected chi connectivity index (χ0v) is 14.0. The highest BCUT2D eigenvalue weighted by Gasteiger charge is 2.20. The number of benzene rings is 2. The van der Waals surface area contributed by atoms with Gasteiger partial charge < -0.3 is 0 Å². The van der Waals surface area contributed by atoms with E-state index in [0.29, 0.717) is 4.90 Å². The standard InChI is InChI=1S/C17H11N3O2S2/c21-20(22)13-8-4-5-9-14(13)24-16-15(12-6-2-1-3-7-12)18-17-19(16)10-11-23-17/h1-11H. The molecule has 0 bridgehead atoms. The molecule has 0 saturated heterocycles. The van der Waals surface area contributed by atoms with Crippen molar-refractivity contribution in [3.63, 3.8) is 0 Å². The number of imidazole rings is 1. The highest BCUT2D eigenvalue weighted by atomic mass is 32.2. The van der Waals surface area contributed by atoms with E-state index in [0.717, 1.165) is 21.2 Å². The molecule has 2 aromatic carbocycles. The van der Waals surface area contributed by atoms with Crippen LogP contribution in [0.5, 0.6) is 0 Å². The van der Waals surface area contributed by atoms with Crippen LogP contribution in [0.1, 0.15) is 0 Å². The summed E-state index contributed by atoms with van der Waals surface area (Å²) in [5.74, 6) is 0. The van der Waals surface area contributed by atoms with E-state index in [9.17, 15) is 10.1 Å². The van der Waals surface area contributed by atoms with Gasteiger partial charge in [-0.1, -0.05) is 54.2 Å². The van der Waals surface area contributed by atoms with Crippen LogP contribution in [-0.2, 0) is 0 Å². The van der Waals surface area contributed by atoms with Crippen molar-refractivity contribution in [3.8, 4) is 11.3 Å². The highest BCUT2D eigenvalue weighted by Crippen LogP contribution is 2.40. The van der Waals surface area contributed by atoms with E-state index in [2.05, 4.69) is 0 Å². The van der Waals surface area contributed by atoms with E-state index in [1.807, 2.05) is 52.4 Å². The van der Waals surface area contributed by atoms with Crippen LogP contribution in [0.15, 0.2) is 76.1 Å². The van der Waals surface area contributed by atoms with Gasteiger partial charge >= 0.3 is 0 Å². The summed E-state index contributed by atoms with van der Waals surface area (Å²) in [7, 11) is 0. The number of nitrogens with zero attached hydrogens (tertiary/aromatic N) is 3. The highest BCUT2D eigenvalue weighted by molar-refractivity contribution is 7.99. The van der Waals surface area contributed by atoms with Gasteiger partial charge in [-0.3, -0.25) is 14.5 Å². The second-order valence-electron chi connectivity index (χ2n) is 5.01. The maximum Gasteiger partial charge on any atom is 0.283 e. The third-order valence-electron chi connectivity index (χ3n) is 3.53. The first-order chi connectivity index (χ1) is 11.7.